The molecule has 0 saturated heterocycles. The van der Waals surface area contributed by atoms with Gasteiger partial charge in [-0.25, -0.2) is 9.59 Å². The molecule has 2 aromatic rings. The van der Waals surface area contributed by atoms with E-state index in [9.17, 15) is 24.6 Å². The molecule has 166 valence electrons. The quantitative estimate of drug-likeness (QED) is 0.424. The number of alkyl carbamates (subject to hydrolysis) is 1. The minimum absolute atomic E-state index is 0.0636. The van der Waals surface area contributed by atoms with Gasteiger partial charge < -0.3 is 25.6 Å². The van der Waals surface area contributed by atoms with Gasteiger partial charge in [0.15, 0.2) is 0 Å². The average Bonchev–Trinajstić information content (AvgIpc) is 2.73. The van der Waals surface area contributed by atoms with Gasteiger partial charge in [-0.15, -0.1) is 0 Å². The number of carboxylic acids is 1. The van der Waals surface area contributed by atoms with Crippen molar-refractivity contribution in [1.82, 2.24) is 10.6 Å². The fourth-order valence-corrected chi connectivity index (χ4v) is 3.20. The number of benzene rings is 2. The molecule has 8 nitrogen and oxygen atoms in total. The van der Waals surface area contributed by atoms with Gasteiger partial charge >= 0.3 is 12.1 Å². The van der Waals surface area contributed by atoms with Crippen LogP contribution in [0.4, 0.5) is 4.79 Å². The summed E-state index contributed by atoms with van der Waals surface area (Å²) in [5, 5.41) is 24.6. The number of hydrogen-bond donors (Lipinski definition) is 4. The van der Waals surface area contributed by atoms with Crippen molar-refractivity contribution in [2.45, 2.75) is 31.6 Å². The number of hydrogen-bond acceptors (Lipinski definition) is 5. The predicted molar refractivity (Wildman–Crippen MR) is 115 cm³/mol. The smallest absolute Gasteiger partial charge is 0.407 e. The molecular weight excluding hydrogens is 447 g/mol. The highest BCUT2D eigenvalue weighted by atomic mass is 35.5. The van der Waals surface area contributed by atoms with E-state index in [0.29, 0.717) is 5.56 Å². The number of aliphatic carboxylic acids is 1. The standard InChI is InChI=1S/C21H22Cl2N2O6/c22-16-7-4-8-17(23)15(16)10-18(20(28)29)25-19(27)9-14(26)11-24-21(30)31-12-13-5-2-1-3-6-13/h1-8,14,18,26H,9-12H2,(H,24,30)(H,25,27)(H,28,29)/t14-,18+/m1/s1. The Balaban J connectivity index is 1.78. The Hall–Kier alpha value is -2.81. The van der Waals surface area contributed by atoms with Gasteiger partial charge in [0.05, 0.1) is 12.5 Å². The third-order valence-electron chi connectivity index (χ3n) is 4.22. The molecule has 0 aliphatic rings. The van der Waals surface area contributed by atoms with Gasteiger partial charge in [0.1, 0.15) is 12.6 Å². The number of amides is 2. The second-order valence-electron chi connectivity index (χ2n) is 6.66. The van der Waals surface area contributed by atoms with Crippen molar-refractivity contribution < 1.29 is 29.3 Å². The van der Waals surface area contributed by atoms with Crippen LogP contribution in [-0.4, -0.2) is 46.9 Å². The second-order valence-corrected chi connectivity index (χ2v) is 7.48. The number of aliphatic hydroxyl groups excluding tert-OH is 1. The number of ether oxygens (including phenoxy) is 1. The Morgan fingerprint density at radius 2 is 1.65 bits per heavy atom. The summed E-state index contributed by atoms with van der Waals surface area (Å²) < 4.78 is 5.00. The van der Waals surface area contributed by atoms with Crippen LogP contribution >= 0.6 is 23.2 Å². The first-order valence-electron chi connectivity index (χ1n) is 9.34. The van der Waals surface area contributed by atoms with Crippen molar-refractivity contribution in [1.29, 1.82) is 0 Å². The number of carboxylic acid groups (broad SMARTS) is 1. The molecule has 0 radical (unpaired) electrons. The highest BCUT2D eigenvalue weighted by molar-refractivity contribution is 6.36. The molecule has 0 bridgehead atoms. The van der Waals surface area contributed by atoms with Gasteiger partial charge in [-0.05, 0) is 23.3 Å². The maximum Gasteiger partial charge on any atom is 0.407 e. The molecule has 0 aliphatic carbocycles. The molecule has 31 heavy (non-hydrogen) atoms. The average molecular weight is 469 g/mol. The number of carbonyl (C=O) groups excluding carboxylic acids is 2. The lowest BCUT2D eigenvalue weighted by molar-refractivity contribution is -0.142. The van der Waals surface area contributed by atoms with Crippen molar-refractivity contribution >= 4 is 41.2 Å². The van der Waals surface area contributed by atoms with Gasteiger partial charge in [-0.3, -0.25) is 4.79 Å². The van der Waals surface area contributed by atoms with Gasteiger partial charge in [-0.2, -0.15) is 0 Å². The minimum atomic E-state index is -1.29. The van der Waals surface area contributed by atoms with E-state index in [0.717, 1.165) is 5.56 Å². The van der Waals surface area contributed by atoms with Crippen molar-refractivity contribution in [2.75, 3.05) is 6.54 Å². The lowest BCUT2D eigenvalue weighted by Crippen LogP contribution is -2.44. The van der Waals surface area contributed by atoms with E-state index in [1.807, 2.05) is 18.2 Å². The highest BCUT2D eigenvalue weighted by Gasteiger charge is 2.24. The summed E-state index contributed by atoms with van der Waals surface area (Å²) in [5.74, 6) is -1.98. The van der Waals surface area contributed by atoms with Crippen molar-refractivity contribution in [3.8, 4) is 0 Å². The Labute approximate surface area is 189 Å². The summed E-state index contributed by atoms with van der Waals surface area (Å²) in [4.78, 5) is 35.3. The maximum atomic E-state index is 12.1. The molecule has 2 amide bonds. The first kappa shape index (κ1) is 24.5. The van der Waals surface area contributed by atoms with Crippen LogP contribution in [-0.2, 0) is 27.4 Å². The molecule has 0 aliphatic heterocycles. The molecule has 0 fully saturated rings. The van der Waals surface area contributed by atoms with Crippen LogP contribution in [0.15, 0.2) is 48.5 Å². The van der Waals surface area contributed by atoms with E-state index in [-0.39, 0.29) is 29.6 Å². The van der Waals surface area contributed by atoms with Crippen LogP contribution in [0.2, 0.25) is 10.0 Å². The van der Waals surface area contributed by atoms with E-state index in [1.165, 1.54) is 0 Å². The first-order valence-corrected chi connectivity index (χ1v) is 10.1. The number of aliphatic hydroxyl groups is 1. The fraction of sp³-hybridized carbons (Fsp3) is 0.286. The van der Waals surface area contributed by atoms with Crippen LogP contribution < -0.4 is 10.6 Å². The van der Waals surface area contributed by atoms with E-state index in [4.69, 9.17) is 27.9 Å². The zero-order valence-electron chi connectivity index (χ0n) is 16.4. The maximum absolute atomic E-state index is 12.1. The third kappa shape index (κ3) is 8.45. The number of nitrogens with one attached hydrogen (secondary N) is 2. The largest absolute Gasteiger partial charge is 0.480 e. The Morgan fingerprint density at radius 3 is 2.26 bits per heavy atom. The molecule has 2 rings (SSSR count). The van der Waals surface area contributed by atoms with Crippen LogP contribution in [0.3, 0.4) is 0 Å². The minimum Gasteiger partial charge on any atom is -0.480 e. The summed E-state index contributed by atoms with van der Waals surface area (Å²) >= 11 is 12.1. The van der Waals surface area contributed by atoms with E-state index in [2.05, 4.69) is 10.6 Å². The summed E-state index contributed by atoms with van der Waals surface area (Å²) in [6, 6.07) is 12.5. The topological polar surface area (TPSA) is 125 Å². The molecule has 10 heteroatoms. The van der Waals surface area contributed by atoms with Gasteiger partial charge in [0.25, 0.3) is 0 Å². The van der Waals surface area contributed by atoms with Crippen LogP contribution in [0, 0.1) is 0 Å². The molecule has 0 saturated carbocycles. The van der Waals surface area contributed by atoms with Crippen molar-refractivity contribution in [3.05, 3.63) is 69.7 Å². The summed E-state index contributed by atoms with van der Waals surface area (Å²) in [7, 11) is 0. The third-order valence-corrected chi connectivity index (χ3v) is 4.93. The van der Waals surface area contributed by atoms with Crippen molar-refractivity contribution in [2.24, 2.45) is 0 Å². The zero-order valence-corrected chi connectivity index (χ0v) is 17.9. The zero-order chi connectivity index (χ0) is 22.8. The SMILES string of the molecule is O=C(C[C@@H](O)CNC(=O)OCc1ccccc1)N[C@@H](Cc1c(Cl)cccc1Cl)C(=O)O. The Morgan fingerprint density at radius 1 is 1.00 bits per heavy atom. The summed E-state index contributed by atoms with van der Waals surface area (Å²) in [6.45, 7) is -0.177. The summed E-state index contributed by atoms with van der Waals surface area (Å²) in [6.07, 6.45) is -2.53. The lowest BCUT2D eigenvalue weighted by atomic mass is 10.1. The molecule has 2 aromatic carbocycles. The van der Waals surface area contributed by atoms with Crippen LogP contribution in [0.5, 0.6) is 0 Å². The monoisotopic (exact) mass is 468 g/mol. The molecule has 0 aromatic heterocycles. The van der Waals surface area contributed by atoms with E-state index >= 15 is 0 Å². The normalized spacial score (nSPS) is 12.5. The second kappa shape index (κ2) is 12.1. The molecule has 2 atom stereocenters. The summed E-state index contributed by atoms with van der Waals surface area (Å²) in [5.41, 5.74) is 1.19. The van der Waals surface area contributed by atoms with E-state index in [1.54, 1.807) is 30.3 Å². The Kier molecular flexibility index (Phi) is 9.58. The molecule has 4 N–H and O–H groups in total. The molecule has 0 spiro atoms. The van der Waals surface area contributed by atoms with Crippen LogP contribution in [0.1, 0.15) is 17.5 Å². The van der Waals surface area contributed by atoms with Gasteiger partial charge in [-0.1, -0.05) is 59.6 Å². The highest BCUT2D eigenvalue weighted by Crippen LogP contribution is 2.25. The van der Waals surface area contributed by atoms with Gasteiger partial charge in [0, 0.05) is 23.0 Å². The number of rotatable bonds is 10. The molecular formula is C21H22Cl2N2O6. The predicted octanol–water partition coefficient (Wildman–Crippen LogP) is 2.78. The van der Waals surface area contributed by atoms with Crippen molar-refractivity contribution in [3.63, 3.8) is 0 Å². The van der Waals surface area contributed by atoms with Crippen LogP contribution in [0.25, 0.3) is 0 Å². The molecule has 0 heterocycles. The molecule has 0 unspecified atom stereocenters. The fourth-order valence-electron chi connectivity index (χ4n) is 2.65. The lowest BCUT2D eigenvalue weighted by Gasteiger charge is -2.18. The first-order chi connectivity index (χ1) is 14.8. The number of halogens is 2. The Bertz CT molecular complexity index is 890. The number of carbonyl (C=O) groups is 3. The van der Waals surface area contributed by atoms with Gasteiger partial charge in [0.2, 0.25) is 5.91 Å². The van der Waals surface area contributed by atoms with E-state index < -0.39 is 36.5 Å².